The van der Waals surface area contributed by atoms with Crippen molar-refractivity contribution in [3.05, 3.63) is 124 Å². The molecule has 5 aromatic carbocycles. The number of hydrogen-bond acceptors (Lipinski definition) is 3. The molecule has 0 unspecified atom stereocenters. The molecule has 0 saturated heterocycles. The average molecular weight is 873 g/mol. The molecule has 4 bridgehead atoms. The molecule has 0 radical (unpaired) electrons. The molecule has 66 heavy (non-hydrogen) atoms. The summed E-state index contributed by atoms with van der Waals surface area (Å²) in [6, 6.07) is 37.1. The highest BCUT2D eigenvalue weighted by Gasteiger charge is 2.54. The van der Waals surface area contributed by atoms with Gasteiger partial charge in [-0.1, -0.05) is 126 Å². The van der Waals surface area contributed by atoms with Crippen molar-refractivity contribution in [2.75, 3.05) is 9.80 Å². The zero-order valence-electron chi connectivity index (χ0n) is 42.4. The zero-order chi connectivity index (χ0) is 46.2. The molecule has 4 fully saturated rings. The van der Waals surface area contributed by atoms with Crippen LogP contribution >= 0.6 is 0 Å². The lowest BCUT2D eigenvalue weighted by Gasteiger charge is -2.57. The minimum absolute atomic E-state index is 0.0257. The van der Waals surface area contributed by atoms with E-state index in [1.807, 2.05) is 0 Å². The van der Waals surface area contributed by atoms with Gasteiger partial charge in [0.2, 0.25) is 0 Å². The van der Waals surface area contributed by atoms with Crippen molar-refractivity contribution >= 4 is 68.4 Å². The van der Waals surface area contributed by atoms with Crippen LogP contribution < -0.4 is 26.4 Å². The molecule has 3 nitrogen and oxygen atoms in total. The van der Waals surface area contributed by atoms with Gasteiger partial charge in [0, 0.05) is 33.8 Å². The molecule has 4 heteroatoms. The van der Waals surface area contributed by atoms with Crippen LogP contribution in [0.1, 0.15) is 175 Å². The Balaban J connectivity index is 1.21. The number of anilines is 6. The van der Waals surface area contributed by atoms with Gasteiger partial charge in [-0.3, -0.25) is 0 Å². The molecule has 340 valence electrons. The van der Waals surface area contributed by atoms with Crippen LogP contribution in [0.5, 0.6) is 0 Å². The summed E-state index contributed by atoms with van der Waals surface area (Å²) in [6.45, 7) is 30.8. The van der Waals surface area contributed by atoms with E-state index in [1.54, 1.807) is 5.56 Å². The summed E-state index contributed by atoms with van der Waals surface area (Å²) in [5, 5.41) is 1.25. The molecule has 7 aliphatic rings. The van der Waals surface area contributed by atoms with Crippen LogP contribution in [0.3, 0.4) is 0 Å². The number of nitrogens with zero attached hydrogens (tertiary/aromatic N) is 2. The lowest BCUT2D eigenvalue weighted by atomic mass is 9.35. The SMILES string of the molecule is CC(C)(C)c1ccc(N2c3ccc(C(C)(C)C)cc3B3c4oc5cc6c(cc5c4N(c4ccc(C(C)(C)C)cc4)c4cc(C57CC8CC(CC(C8)C5)C7)cc2c43)C(C)(C)CCC6(C)C)cc1. The van der Waals surface area contributed by atoms with E-state index in [2.05, 4.69) is 191 Å². The van der Waals surface area contributed by atoms with E-state index in [1.165, 1.54) is 130 Å². The Labute approximate surface area is 396 Å². The third-order valence-corrected chi connectivity index (χ3v) is 18.1. The maximum absolute atomic E-state index is 7.64. The monoisotopic (exact) mass is 873 g/mol. The van der Waals surface area contributed by atoms with E-state index in [-0.39, 0.29) is 39.2 Å². The van der Waals surface area contributed by atoms with Crippen LogP contribution in [0.15, 0.2) is 95.4 Å². The molecule has 0 amide bonds. The molecular formula is C62H73BN2O. The number of furan rings is 1. The van der Waals surface area contributed by atoms with Crippen molar-refractivity contribution in [3.8, 4) is 0 Å². The van der Waals surface area contributed by atoms with Crippen LogP contribution in [0, 0.1) is 17.8 Å². The Morgan fingerprint density at radius 2 is 1.00 bits per heavy atom. The first-order valence-corrected chi connectivity index (χ1v) is 25.7. The summed E-state index contributed by atoms with van der Waals surface area (Å²) in [6.07, 6.45) is 10.6. The normalized spacial score (nSPS) is 24.6. The maximum Gasteiger partial charge on any atom is 0.297 e. The Morgan fingerprint density at radius 3 is 1.52 bits per heavy atom. The Bertz CT molecular complexity index is 2920. The lowest BCUT2D eigenvalue weighted by molar-refractivity contribution is -0.00514. The molecule has 1 aromatic heterocycles. The van der Waals surface area contributed by atoms with Crippen molar-refractivity contribution in [1.29, 1.82) is 0 Å². The highest BCUT2D eigenvalue weighted by Crippen LogP contribution is 2.62. The molecule has 3 heterocycles. The number of fused-ring (bicyclic) bond motifs is 7. The van der Waals surface area contributed by atoms with Crippen molar-refractivity contribution in [3.63, 3.8) is 0 Å². The van der Waals surface area contributed by atoms with Crippen molar-refractivity contribution < 1.29 is 4.42 Å². The van der Waals surface area contributed by atoms with Gasteiger partial charge < -0.3 is 14.2 Å². The van der Waals surface area contributed by atoms with E-state index in [0.717, 1.165) is 29.0 Å². The molecule has 6 aromatic rings. The molecule has 4 saturated carbocycles. The quantitative estimate of drug-likeness (QED) is 0.165. The van der Waals surface area contributed by atoms with Crippen LogP contribution in [0.25, 0.3) is 11.0 Å². The van der Waals surface area contributed by atoms with Gasteiger partial charge in [0.05, 0.1) is 11.3 Å². The summed E-state index contributed by atoms with van der Waals surface area (Å²) >= 11 is 0. The standard InChI is InChI=1S/C62H73BN2O/c1-57(2,3)40-14-19-44(20-15-40)64-50-23-18-42(59(7,8)9)29-49(50)63-54-51(64)30-43(62-34-37-26-38(35-62)28-39(27-37)36-62)31-52(54)65(45-21-16-41(17-22-45)58(4,5)6)55-46-32-47-48(33-53(46)66-56(55)63)61(12,13)25-24-60(47,10)11/h14-23,29-33,37-39H,24-28,34-36H2,1-13H3. The fourth-order valence-corrected chi connectivity index (χ4v) is 14.5. The van der Waals surface area contributed by atoms with Gasteiger partial charge in [0.15, 0.2) is 0 Å². The van der Waals surface area contributed by atoms with Gasteiger partial charge in [-0.15, -0.1) is 0 Å². The Morgan fingerprint density at radius 1 is 0.530 bits per heavy atom. The molecule has 5 aliphatic carbocycles. The second kappa shape index (κ2) is 13.7. The molecule has 0 spiro atoms. The van der Waals surface area contributed by atoms with Crippen LogP contribution in [-0.2, 0) is 32.5 Å². The minimum atomic E-state index is -0.0756. The first kappa shape index (κ1) is 42.6. The third kappa shape index (κ3) is 6.34. The van der Waals surface area contributed by atoms with Crippen LogP contribution in [0.4, 0.5) is 34.1 Å². The molecule has 0 atom stereocenters. The van der Waals surface area contributed by atoms with Gasteiger partial charge in [0.1, 0.15) is 5.58 Å². The summed E-state index contributed by atoms with van der Waals surface area (Å²) < 4.78 is 7.64. The number of rotatable bonds is 3. The van der Waals surface area contributed by atoms with E-state index in [0.29, 0.717) is 0 Å². The largest absolute Gasteiger partial charge is 0.468 e. The lowest BCUT2D eigenvalue weighted by Crippen LogP contribution is -2.61. The predicted octanol–water partition coefficient (Wildman–Crippen LogP) is 15.2. The number of hydrogen-bond donors (Lipinski definition) is 0. The first-order valence-electron chi connectivity index (χ1n) is 25.7. The van der Waals surface area contributed by atoms with Gasteiger partial charge in [-0.2, -0.15) is 0 Å². The molecular weight excluding hydrogens is 800 g/mol. The second-order valence-corrected chi connectivity index (χ2v) is 26.8. The van der Waals surface area contributed by atoms with Gasteiger partial charge in [-0.05, 0) is 201 Å². The van der Waals surface area contributed by atoms with Gasteiger partial charge >= 0.3 is 0 Å². The summed E-state index contributed by atoms with van der Waals surface area (Å²) in [7, 11) is 0. The van der Waals surface area contributed by atoms with Gasteiger partial charge in [0.25, 0.3) is 6.71 Å². The molecule has 13 rings (SSSR count). The molecule has 2 aliphatic heterocycles. The Hall–Kier alpha value is -4.70. The van der Waals surface area contributed by atoms with Crippen molar-refractivity contribution in [1.82, 2.24) is 0 Å². The maximum atomic E-state index is 7.64. The summed E-state index contributed by atoms with van der Waals surface area (Å²) in [5.74, 6) is 2.54. The molecule has 0 N–H and O–H groups in total. The highest BCUT2D eigenvalue weighted by atomic mass is 16.3. The van der Waals surface area contributed by atoms with Crippen molar-refractivity contribution in [2.45, 2.75) is 174 Å². The van der Waals surface area contributed by atoms with Crippen LogP contribution in [-0.4, -0.2) is 6.71 Å². The van der Waals surface area contributed by atoms with E-state index in [4.69, 9.17) is 4.42 Å². The number of benzene rings is 5. The predicted molar refractivity (Wildman–Crippen MR) is 281 cm³/mol. The highest BCUT2D eigenvalue weighted by molar-refractivity contribution is 7.00. The van der Waals surface area contributed by atoms with E-state index < -0.39 is 0 Å². The average Bonchev–Trinajstić information content (AvgIpc) is 3.61. The van der Waals surface area contributed by atoms with Gasteiger partial charge in [-0.25, -0.2) is 0 Å². The first-order chi connectivity index (χ1) is 31.0. The zero-order valence-corrected chi connectivity index (χ0v) is 42.4. The smallest absolute Gasteiger partial charge is 0.297 e. The summed E-state index contributed by atoms with van der Waals surface area (Å²) in [5.41, 5.74) is 21.4. The van der Waals surface area contributed by atoms with E-state index in [9.17, 15) is 0 Å². The third-order valence-electron chi connectivity index (χ3n) is 18.1. The minimum Gasteiger partial charge on any atom is -0.468 e. The fraction of sp³-hybridized carbons (Fsp3) is 0.484. The second-order valence-electron chi connectivity index (χ2n) is 26.8. The van der Waals surface area contributed by atoms with E-state index >= 15 is 0 Å². The topological polar surface area (TPSA) is 19.6 Å². The summed E-state index contributed by atoms with van der Waals surface area (Å²) in [4.78, 5) is 5.34. The van der Waals surface area contributed by atoms with Crippen LogP contribution in [0.2, 0.25) is 0 Å². The fourth-order valence-electron chi connectivity index (χ4n) is 14.5. The Kier molecular flexibility index (Phi) is 8.87. The van der Waals surface area contributed by atoms with Crippen molar-refractivity contribution in [2.24, 2.45) is 17.8 Å².